The van der Waals surface area contributed by atoms with E-state index in [2.05, 4.69) is 12.1 Å². The third-order valence-corrected chi connectivity index (χ3v) is 4.02. The van der Waals surface area contributed by atoms with Crippen LogP contribution in [0.1, 0.15) is 37.0 Å². The lowest BCUT2D eigenvalue weighted by Crippen LogP contribution is -2.29. The average Bonchev–Trinajstić information content (AvgIpc) is 2.66. The number of fused-ring (bicyclic) bond motifs is 1. The Labute approximate surface area is 120 Å². The second kappa shape index (κ2) is 4.72. The molecule has 1 aliphatic heterocycles. The molecule has 0 aromatic heterocycles. The van der Waals surface area contributed by atoms with Crippen LogP contribution in [0.5, 0.6) is 0 Å². The van der Waals surface area contributed by atoms with E-state index < -0.39 is 11.4 Å². The molecule has 0 radical (unpaired) electrons. The SMILES string of the molecule is CC1(C)O[C@@](O)(CCc2ccccc2)c2ccccc21. The van der Waals surface area contributed by atoms with Gasteiger partial charge in [-0.3, -0.25) is 0 Å². The van der Waals surface area contributed by atoms with Gasteiger partial charge in [0.1, 0.15) is 0 Å². The van der Waals surface area contributed by atoms with Gasteiger partial charge in [-0.25, -0.2) is 0 Å². The number of ether oxygens (including phenoxy) is 1. The summed E-state index contributed by atoms with van der Waals surface area (Å²) in [7, 11) is 0. The minimum atomic E-state index is -1.18. The molecule has 0 aliphatic carbocycles. The van der Waals surface area contributed by atoms with Crippen molar-refractivity contribution in [2.24, 2.45) is 0 Å². The number of aliphatic hydroxyl groups is 1. The summed E-state index contributed by atoms with van der Waals surface area (Å²) in [5.74, 6) is -1.18. The predicted octanol–water partition coefficient (Wildman–Crippen LogP) is 3.73. The molecule has 0 fully saturated rings. The van der Waals surface area contributed by atoms with Gasteiger partial charge in [-0.1, -0.05) is 54.6 Å². The molecule has 2 aromatic carbocycles. The number of aryl methyl sites for hydroxylation is 1. The normalized spacial score (nSPS) is 23.6. The van der Waals surface area contributed by atoms with Gasteiger partial charge in [0, 0.05) is 12.0 Å². The monoisotopic (exact) mass is 268 g/mol. The lowest BCUT2D eigenvalue weighted by Gasteiger charge is -2.27. The topological polar surface area (TPSA) is 29.5 Å². The van der Waals surface area contributed by atoms with E-state index in [0.717, 1.165) is 17.5 Å². The third kappa shape index (κ3) is 2.26. The van der Waals surface area contributed by atoms with Crippen LogP contribution in [0.2, 0.25) is 0 Å². The zero-order valence-corrected chi connectivity index (χ0v) is 12.0. The van der Waals surface area contributed by atoms with Gasteiger partial charge in [0.2, 0.25) is 0 Å². The van der Waals surface area contributed by atoms with Gasteiger partial charge in [0.15, 0.2) is 5.79 Å². The van der Waals surface area contributed by atoms with Gasteiger partial charge in [-0.15, -0.1) is 0 Å². The van der Waals surface area contributed by atoms with Crippen LogP contribution < -0.4 is 0 Å². The largest absolute Gasteiger partial charge is 0.362 e. The van der Waals surface area contributed by atoms with Crippen molar-refractivity contribution in [2.75, 3.05) is 0 Å². The summed E-state index contributed by atoms with van der Waals surface area (Å²) in [6.07, 6.45) is 1.36. The molecule has 0 saturated heterocycles. The van der Waals surface area contributed by atoms with E-state index in [-0.39, 0.29) is 0 Å². The Morgan fingerprint density at radius 2 is 1.50 bits per heavy atom. The van der Waals surface area contributed by atoms with Gasteiger partial charge in [-0.05, 0) is 31.4 Å². The highest BCUT2D eigenvalue weighted by Crippen LogP contribution is 2.47. The second-order valence-electron chi connectivity index (χ2n) is 5.93. The van der Waals surface area contributed by atoms with Crippen LogP contribution >= 0.6 is 0 Å². The molecule has 0 unspecified atom stereocenters. The Bertz CT molecular complexity index is 604. The minimum absolute atomic E-state index is 0.442. The fraction of sp³-hybridized carbons (Fsp3) is 0.333. The van der Waals surface area contributed by atoms with Crippen molar-refractivity contribution < 1.29 is 9.84 Å². The molecule has 0 saturated carbocycles. The highest BCUT2D eigenvalue weighted by molar-refractivity contribution is 5.39. The zero-order valence-electron chi connectivity index (χ0n) is 12.0. The summed E-state index contributed by atoms with van der Waals surface area (Å²) in [6, 6.07) is 18.2. The maximum Gasteiger partial charge on any atom is 0.194 e. The van der Waals surface area contributed by atoms with Crippen LogP contribution in [0, 0.1) is 0 Å². The summed E-state index contributed by atoms with van der Waals surface area (Å²) in [5, 5.41) is 10.9. The van der Waals surface area contributed by atoms with Crippen LogP contribution in [0.3, 0.4) is 0 Å². The Kier molecular flexibility index (Phi) is 3.15. The molecular formula is C18H20O2. The molecule has 0 bridgehead atoms. The van der Waals surface area contributed by atoms with Crippen molar-refractivity contribution in [2.45, 2.75) is 38.1 Å². The maximum atomic E-state index is 10.9. The van der Waals surface area contributed by atoms with Crippen LogP contribution in [0.15, 0.2) is 54.6 Å². The second-order valence-corrected chi connectivity index (χ2v) is 5.93. The number of hydrogen-bond donors (Lipinski definition) is 1. The molecule has 3 rings (SSSR count). The van der Waals surface area contributed by atoms with E-state index >= 15 is 0 Å². The molecule has 2 heteroatoms. The van der Waals surface area contributed by atoms with E-state index in [0.29, 0.717) is 6.42 Å². The molecule has 1 N–H and O–H groups in total. The lowest BCUT2D eigenvalue weighted by atomic mass is 9.91. The first kappa shape index (κ1) is 13.3. The van der Waals surface area contributed by atoms with Crippen molar-refractivity contribution in [3.05, 3.63) is 71.3 Å². The quantitative estimate of drug-likeness (QED) is 0.919. The third-order valence-electron chi connectivity index (χ3n) is 4.02. The van der Waals surface area contributed by atoms with E-state index in [4.69, 9.17) is 4.74 Å². The van der Waals surface area contributed by atoms with Gasteiger partial charge in [0.25, 0.3) is 0 Å². The molecular weight excluding hydrogens is 248 g/mol. The molecule has 1 aliphatic rings. The summed E-state index contributed by atoms with van der Waals surface area (Å²) in [5.41, 5.74) is 2.75. The molecule has 104 valence electrons. The fourth-order valence-electron chi connectivity index (χ4n) is 3.02. The highest BCUT2D eigenvalue weighted by atomic mass is 16.6. The van der Waals surface area contributed by atoms with Gasteiger partial charge < -0.3 is 9.84 Å². The standard InChI is InChI=1S/C18H20O2/c1-17(2)15-10-6-7-11-16(15)18(19,20-17)13-12-14-8-4-3-5-9-14/h3-11,19H,12-13H2,1-2H3/t18-/m0/s1. The first-order valence-corrected chi connectivity index (χ1v) is 7.08. The lowest BCUT2D eigenvalue weighted by molar-refractivity contribution is -0.253. The molecule has 1 heterocycles. The summed E-state index contributed by atoms with van der Waals surface area (Å²) < 4.78 is 5.98. The van der Waals surface area contributed by atoms with Crippen LogP contribution in [-0.4, -0.2) is 5.11 Å². The zero-order chi connectivity index (χ0) is 14.2. The Morgan fingerprint density at radius 3 is 2.20 bits per heavy atom. The smallest absolute Gasteiger partial charge is 0.194 e. The van der Waals surface area contributed by atoms with Crippen molar-refractivity contribution >= 4 is 0 Å². The van der Waals surface area contributed by atoms with Crippen LogP contribution in [0.25, 0.3) is 0 Å². The first-order chi connectivity index (χ1) is 9.51. The van der Waals surface area contributed by atoms with Crippen molar-refractivity contribution in [3.8, 4) is 0 Å². The average molecular weight is 268 g/mol. The fourth-order valence-corrected chi connectivity index (χ4v) is 3.02. The molecule has 1 atom stereocenters. The van der Waals surface area contributed by atoms with Crippen molar-refractivity contribution in [1.82, 2.24) is 0 Å². The molecule has 2 nitrogen and oxygen atoms in total. The van der Waals surface area contributed by atoms with Gasteiger partial charge in [-0.2, -0.15) is 0 Å². The van der Waals surface area contributed by atoms with E-state index in [1.807, 2.05) is 56.3 Å². The molecule has 0 spiro atoms. The summed E-state index contributed by atoms with van der Waals surface area (Å²) >= 11 is 0. The van der Waals surface area contributed by atoms with E-state index in [1.165, 1.54) is 5.56 Å². The number of hydrogen-bond acceptors (Lipinski definition) is 2. The molecule has 2 aromatic rings. The van der Waals surface area contributed by atoms with Crippen molar-refractivity contribution in [1.29, 1.82) is 0 Å². The molecule has 20 heavy (non-hydrogen) atoms. The van der Waals surface area contributed by atoms with Crippen molar-refractivity contribution in [3.63, 3.8) is 0 Å². The van der Waals surface area contributed by atoms with Gasteiger partial charge >= 0.3 is 0 Å². The van der Waals surface area contributed by atoms with Crippen LogP contribution in [-0.2, 0) is 22.5 Å². The summed E-state index contributed by atoms with van der Waals surface area (Å²) in [6.45, 7) is 4.01. The number of rotatable bonds is 3. The Balaban J connectivity index is 1.86. The first-order valence-electron chi connectivity index (χ1n) is 7.08. The Hall–Kier alpha value is -1.64. The van der Waals surface area contributed by atoms with E-state index in [1.54, 1.807) is 0 Å². The number of benzene rings is 2. The maximum absolute atomic E-state index is 10.9. The molecule has 0 amide bonds. The predicted molar refractivity (Wildman–Crippen MR) is 79.2 cm³/mol. The minimum Gasteiger partial charge on any atom is -0.362 e. The van der Waals surface area contributed by atoms with Gasteiger partial charge in [0.05, 0.1) is 5.60 Å². The highest BCUT2D eigenvalue weighted by Gasteiger charge is 2.47. The summed E-state index contributed by atoms with van der Waals surface area (Å²) in [4.78, 5) is 0. The van der Waals surface area contributed by atoms with Crippen LogP contribution in [0.4, 0.5) is 0 Å². The Morgan fingerprint density at radius 1 is 0.900 bits per heavy atom. The van der Waals surface area contributed by atoms with E-state index in [9.17, 15) is 5.11 Å².